The average molecular weight is 405 g/mol. The molecule has 0 amide bonds. The van der Waals surface area contributed by atoms with E-state index in [2.05, 4.69) is 26.0 Å². The van der Waals surface area contributed by atoms with Crippen LogP contribution in [0.4, 0.5) is 0 Å². The fourth-order valence-electron chi connectivity index (χ4n) is 4.12. The van der Waals surface area contributed by atoms with Gasteiger partial charge in [-0.05, 0) is 25.7 Å². The van der Waals surface area contributed by atoms with Crippen LogP contribution in [0.25, 0.3) is 0 Å². The third-order valence-corrected chi connectivity index (χ3v) is 6.16. The minimum atomic E-state index is 1.09. The van der Waals surface area contributed by atoms with Gasteiger partial charge < -0.3 is 0 Å². The van der Waals surface area contributed by atoms with Crippen LogP contribution in [0.1, 0.15) is 161 Å². The highest BCUT2D eigenvalue weighted by Crippen LogP contribution is 2.15. The molecule has 0 heterocycles. The van der Waals surface area contributed by atoms with Crippen molar-refractivity contribution >= 4 is 0 Å². The normalized spacial score (nSPS) is 11.7. The maximum atomic E-state index is 3.91. The van der Waals surface area contributed by atoms with Crippen molar-refractivity contribution < 1.29 is 0 Å². The van der Waals surface area contributed by atoms with Crippen LogP contribution in [0, 0.1) is 13.8 Å². The van der Waals surface area contributed by atoms with Gasteiger partial charge in [-0.3, -0.25) is 0 Å². The highest BCUT2D eigenvalue weighted by Gasteiger charge is 1.95. The smallest absolute Gasteiger partial charge is 0.0351 e. The van der Waals surface area contributed by atoms with E-state index in [1.54, 1.807) is 0 Å². The lowest BCUT2D eigenvalue weighted by atomic mass is 10.0. The molecule has 0 unspecified atom stereocenters. The van der Waals surface area contributed by atoms with Crippen molar-refractivity contribution in [3.63, 3.8) is 0 Å². The zero-order chi connectivity index (χ0) is 21.1. The molecule has 0 spiro atoms. The Balaban J connectivity index is 3.01. The van der Waals surface area contributed by atoms with E-state index in [9.17, 15) is 0 Å². The van der Waals surface area contributed by atoms with Gasteiger partial charge in [-0.2, -0.15) is 0 Å². The van der Waals surface area contributed by atoms with E-state index in [-0.39, 0.29) is 0 Å². The molecule has 0 aliphatic rings. The number of hydrogen-bond acceptors (Lipinski definition) is 0. The van der Waals surface area contributed by atoms with Crippen molar-refractivity contribution in [2.75, 3.05) is 0 Å². The Morgan fingerprint density at radius 3 is 0.793 bits per heavy atom. The first-order valence-corrected chi connectivity index (χ1v) is 13.6. The van der Waals surface area contributed by atoms with Crippen LogP contribution in [0.3, 0.4) is 0 Å². The number of rotatable bonds is 25. The first-order valence-electron chi connectivity index (χ1n) is 13.6. The van der Waals surface area contributed by atoms with E-state index >= 15 is 0 Å². The highest BCUT2D eigenvalue weighted by atomic mass is 14.0. The summed E-state index contributed by atoms with van der Waals surface area (Å²) in [6.07, 6.45) is 39.7. The van der Waals surface area contributed by atoms with Crippen LogP contribution in [-0.2, 0) is 0 Å². The zero-order valence-electron chi connectivity index (χ0n) is 20.2. The van der Waals surface area contributed by atoms with E-state index in [0.717, 1.165) is 12.8 Å². The van der Waals surface area contributed by atoms with Gasteiger partial charge >= 0.3 is 0 Å². The molecule has 0 N–H and O–H groups in total. The molecule has 2 radical (unpaired) electrons. The van der Waals surface area contributed by atoms with Crippen molar-refractivity contribution in [3.8, 4) is 0 Å². The summed E-state index contributed by atoms with van der Waals surface area (Å²) in [6, 6.07) is 0. The van der Waals surface area contributed by atoms with Gasteiger partial charge in [-0.25, -0.2) is 0 Å². The molecule has 0 atom stereocenters. The Morgan fingerprint density at radius 2 is 0.483 bits per heavy atom. The Bertz CT molecular complexity index is 290. The van der Waals surface area contributed by atoms with Crippen LogP contribution in [0.2, 0.25) is 0 Å². The van der Waals surface area contributed by atoms with Gasteiger partial charge in [0.2, 0.25) is 0 Å². The maximum Gasteiger partial charge on any atom is -0.0351 e. The molecule has 0 saturated carbocycles. The second-order valence-corrected chi connectivity index (χ2v) is 9.18. The Kier molecular flexibility index (Phi) is 27.5. The Labute approximate surface area is 186 Å². The molecule has 172 valence electrons. The number of allylic oxidation sites excluding steroid dienone is 2. The van der Waals surface area contributed by atoms with E-state index in [1.165, 1.54) is 148 Å². The van der Waals surface area contributed by atoms with Crippen molar-refractivity contribution in [1.82, 2.24) is 0 Å². The topological polar surface area (TPSA) is 0 Å². The molecule has 0 aromatic carbocycles. The maximum absolute atomic E-state index is 3.91. The fourth-order valence-corrected chi connectivity index (χ4v) is 4.12. The van der Waals surface area contributed by atoms with Crippen molar-refractivity contribution in [3.05, 3.63) is 26.0 Å². The molecule has 0 bridgehead atoms. The molecule has 0 nitrogen and oxygen atoms in total. The highest BCUT2D eigenvalue weighted by molar-refractivity contribution is 4.81. The van der Waals surface area contributed by atoms with Gasteiger partial charge in [0.05, 0.1) is 0 Å². The Hall–Kier alpha value is -0.260. The van der Waals surface area contributed by atoms with Crippen LogP contribution in [0.15, 0.2) is 12.2 Å². The molecule has 29 heavy (non-hydrogen) atoms. The largest absolute Gasteiger partial charge is 0.0885 e. The molecule has 0 rings (SSSR count). The summed E-state index contributed by atoms with van der Waals surface area (Å²) in [7, 11) is 0. The second-order valence-electron chi connectivity index (χ2n) is 9.18. The Morgan fingerprint density at radius 1 is 0.276 bits per heavy atom. The number of hydrogen-bond donors (Lipinski definition) is 0. The van der Waals surface area contributed by atoms with Gasteiger partial charge in [0, 0.05) is 0 Å². The quantitative estimate of drug-likeness (QED) is 0.105. The fraction of sp³-hybridized carbons (Fsp3) is 0.862. The summed E-state index contributed by atoms with van der Waals surface area (Å²) in [4.78, 5) is 0. The molecule has 0 heteroatoms. The molecular weight excluding hydrogens is 348 g/mol. The van der Waals surface area contributed by atoms with Crippen molar-refractivity contribution in [2.45, 2.75) is 161 Å². The van der Waals surface area contributed by atoms with Gasteiger partial charge in [-0.1, -0.05) is 161 Å². The first kappa shape index (κ1) is 28.7. The summed E-state index contributed by atoms with van der Waals surface area (Å²) in [5.41, 5.74) is 0. The minimum absolute atomic E-state index is 1.09. The summed E-state index contributed by atoms with van der Waals surface area (Å²) >= 11 is 0. The monoisotopic (exact) mass is 404 g/mol. The lowest BCUT2D eigenvalue weighted by Gasteiger charge is -2.04. The molecule has 0 fully saturated rings. The molecular formula is C29H56. The average Bonchev–Trinajstić information content (AvgIpc) is 2.74. The minimum Gasteiger partial charge on any atom is -0.0885 e. The third-order valence-electron chi connectivity index (χ3n) is 6.16. The number of unbranched alkanes of at least 4 members (excludes halogenated alkanes) is 23. The molecule has 0 aliphatic carbocycles. The van der Waals surface area contributed by atoms with E-state index in [1.807, 2.05) is 0 Å². The predicted octanol–water partition coefficient (Wildman–Crippen LogP) is 11.0. The van der Waals surface area contributed by atoms with Crippen LogP contribution in [0.5, 0.6) is 0 Å². The van der Waals surface area contributed by atoms with E-state index in [4.69, 9.17) is 0 Å². The summed E-state index contributed by atoms with van der Waals surface area (Å²) in [5.74, 6) is 0. The lowest BCUT2D eigenvalue weighted by Crippen LogP contribution is -1.84. The summed E-state index contributed by atoms with van der Waals surface area (Å²) in [6.45, 7) is 7.80. The van der Waals surface area contributed by atoms with Crippen LogP contribution in [-0.4, -0.2) is 0 Å². The zero-order valence-corrected chi connectivity index (χ0v) is 20.2. The molecule has 0 saturated heterocycles. The summed E-state index contributed by atoms with van der Waals surface area (Å²) in [5, 5.41) is 0. The molecule has 0 aromatic heterocycles. The third kappa shape index (κ3) is 27.7. The molecule has 0 aromatic rings. The van der Waals surface area contributed by atoms with Crippen LogP contribution >= 0.6 is 0 Å². The van der Waals surface area contributed by atoms with Gasteiger partial charge in [0.15, 0.2) is 0 Å². The van der Waals surface area contributed by atoms with Crippen LogP contribution < -0.4 is 0 Å². The van der Waals surface area contributed by atoms with Gasteiger partial charge in [0.1, 0.15) is 0 Å². The van der Waals surface area contributed by atoms with E-state index in [0.29, 0.717) is 0 Å². The van der Waals surface area contributed by atoms with Crippen molar-refractivity contribution in [2.24, 2.45) is 0 Å². The standard InChI is InChI=1S/C29H56/c1-3-5-7-9-11-13-15-17-19-21-23-25-27-29-28-26-24-22-20-18-16-14-12-10-8-6-4-2/h11,13H,1-10,12,14-29H2. The molecule has 0 aliphatic heterocycles. The second kappa shape index (κ2) is 27.7. The SMILES string of the molecule is [CH2]CCCCC=CCCCCCCCCCCCCCCCCCCCCC[CH2]. The predicted molar refractivity (Wildman–Crippen MR) is 135 cm³/mol. The van der Waals surface area contributed by atoms with Gasteiger partial charge in [0.25, 0.3) is 0 Å². The van der Waals surface area contributed by atoms with E-state index < -0.39 is 0 Å². The summed E-state index contributed by atoms with van der Waals surface area (Å²) < 4.78 is 0. The van der Waals surface area contributed by atoms with Crippen molar-refractivity contribution in [1.29, 1.82) is 0 Å². The lowest BCUT2D eigenvalue weighted by molar-refractivity contribution is 0.522. The first-order chi connectivity index (χ1) is 14.4. The van der Waals surface area contributed by atoms with Gasteiger partial charge in [-0.15, -0.1) is 0 Å².